The van der Waals surface area contributed by atoms with Crippen molar-refractivity contribution >= 4 is 28.7 Å². The lowest BCUT2D eigenvalue weighted by Gasteiger charge is -2.23. The summed E-state index contributed by atoms with van der Waals surface area (Å²) in [6.45, 7) is 2.20. The number of carbonyl (C=O) groups is 1. The fourth-order valence-corrected chi connectivity index (χ4v) is 4.44. The van der Waals surface area contributed by atoms with Crippen LogP contribution in [0.2, 0.25) is 0 Å². The summed E-state index contributed by atoms with van der Waals surface area (Å²) in [4.78, 5) is 46.5. The molecule has 0 unspecified atom stereocenters. The minimum Gasteiger partial charge on any atom is -0.467 e. The molecule has 3 N–H and O–H groups in total. The molecule has 0 bridgehead atoms. The van der Waals surface area contributed by atoms with E-state index < -0.39 is 17.2 Å². The van der Waals surface area contributed by atoms with Gasteiger partial charge in [-0.05, 0) is 30.7 Å². The molecule has 11 heteroatoms. The predicted octanol–water partition coefficient (Wildman–Crippen LogP) is 3.55. The smallest absolute Gasteiger partial charge is 0.330 e. The third kappa shape index (κ3) is 5.40. The van der Waals surface area contributed by atoms with Crippen LogP contribution < -0.4 is 21.9 Å². The van der Waals surface area contributed by atoms with Crippen LogP contribution in [-0.4, -0.2) is 20.4 Å². The lowest BCUT2D eigenvalue weighted by Crippen LogP contribution is -2.41. The molecule has 3 aromatic heterocycles. The SMILES string of the molecule is CCCCn1c(N)c(N(Cc2ccco2)C(=O)Cc2csc(-c3cccc(F)c3)n2)c(=O)[nH]c1=O. The van der Waals surface area contributed by atoms with Crippen molar-refractivity contribution in [2.45, 2.75) is 39.3 Å². The van der Waals surface area contributed by atoms with Crippen LogP contribution in [0.5, 0.6) is 0 Å². The van der Waals surface area contributed by atoms with Gasteiger partial charge in [0, 0.05) is 17.5 Å². The van der Waals surface area contributed by atoms with Crippen LogP contribution in [0.15, 0.2) is 62.0 Å². The number of unbranched alkanes of at least 4 members (excludes halogenated alkanes) is 1. The number of nitrogen functional groups attached to an aromatic ring is 1. The Morgan fingerprint density at radius 2 is 2.11 bits per heavy atom. The maximum Gasteiger partial charge on any atom is 0.330 e. The van der Waals surface area contributed by atoms with E-state index in [1.165, 1.54) is 39.2 Å². The van der Waals surface area contributed by atoms with Gasteiger partial charge in [-0.1, -0.05) is 25.5 Å². The van der Waals surface area contributed by atoms with Gasteiger partial charge in [0.05, 0.1) is 24.9 Å². The number of H-pyrrole nitrogens is 1. The molecule has 1 amide bonds. The number of carbonyl (C=O) groups excluding carboxylic acids is 1. The van der Waals surface area contributed by atoms with Crippen LogP contribution >= 0.6 is 11.3 Å². The Kier molecular flexibility index (Phi) is 7.25. The number of aromatic nitrogens is 3. The molecule has 4 aromatic rings. The summed E-state index contributed by atoms with van der Waals surface area (Å²) in [6, 6.07) is 9.37. The molecule has 0 aliphatic rings. The third-order valence-electron chi connectivity index (χ3n) is 5.37. The number of aromatic amines is 1. The fraction of sp³-hybridized carbons (Fsp3) is 0.250. The predicted molar refractivity (Wildman–Crippen MR) is 132 cm³/mol. The number of hydrogen-bond acceptors (Lipinski definition) is 7. The number of hydrogen-bond donors (Lipinski definition) is 2. The van der Waals surface area contributed by atoms with E-state index in [1.54, 1.807) is 29.6 Å². The standard InChI is InChI=1S/C24H24FN5O4S/c1-2-3-9-29-21(26)20(22(32)28-24(29)33)30(13-18-8-5-10-34-18)19(31)12-17-14-35-23(27-17)15-6-4-7-16(25)11-15/h4-8,10-11,14H,2-3,9,12-13,26H2,1H3,(H,28,32,33). The second kappa shape index (κ2) is 10.5. The van der Waals surface area contributed by atoms with Crippen molar-refractivity contribution < 1.29 is 13.6 Å². The molecule has 35 heavy (non-hydrogen) atoms. The average Bonchev–Trinajstić information content (AvgIpc) is 3.50. The fourth-order valence-electron chi connectivity index (χ4n) is 3.62. The van der Waals surface area contributed by atoms with Crippen LogP contribution in [0.4, 0.5) is 15.9 Å². The Morgan fingerprint density at radius 1 is 1.29 bits per heavy atom. The zero-order valence-corrected chi connectivity index (χ0v) is 19.8. The number of amides is 1. The van der Waals surface area contributed by atoms with E-state index in [-0.39, 0.29) is 30.3 Å². The van der Waals surface area contributed by atoms with Gasteiger partial charge in [-0.3, -0.25) is 24.0 Å². The molecule has 0 saturated carbocycles. The summed E-state index contributed by atoms with van der Waals surface area (Å²) >= 11 is 1.28. The monoisotopic (exact) mass is 497 g/mol. The van der Waals surface area contributed by atoms with Crippen LogP contribution in [0.1, 0.15) is 31.2 Å². The zero-order valence-electron chi connectivity index (χ0n) is 19.0. The first-order chi connectivity index (χ1) is 16.9. The van der Waals surface area contributed by atoms with E-state index >= 15 is 0 Å². The highest BCUT2D eigenvalue weighted by molar-refractivity contribution is 7.13. The van der Waals surface area contributed by atoms with Crippen LogP contribution in [-0.2, 0) is 24.3 Å². The largest absolute Gasteiger partial charge is 0.467 e. The summed E-state index contributed by atoms with van der Waals surface area (Å²) < 4.78 is 20.2. The number of nitrogens with two attached hydrogens (primary N) is 1. The number of furan rings is 1. The van der Waals surface area contributed by atoms with Crippen molar-refractivity contribution in [3.05, 3.63) is 86.2 Å². The number of nitrogens with zero attached hydrogens (tertiary/aromatic N) is 3. The van der Waals surface area contributed by atoms with Crippen molar-refractivity contribution in [3.8, 4) is 10.6 Å². The first kappa shape index (κ1) is 24.1. The van der Waals surface area contributed by atoms with Crippen molar-refractivity contribution in [2.24, 2.45) is 0 Å². The number of rotatable bonds is 9. The molecule has 0 aliphatic carbocycles. The molecule has 0 radical (unpaired) electrons. The highest BCUT2D eigenvalue weighted by Gasteiger charge is 2.26. The maximum atomic E-state index is 13.6. The van der Waals surface area contributed by atoms with Gasteiger partial charge in [0.15, 0.2) is 5.69 Å². The van der Waals surface area contributed by atoms with Crippen molar-refractivity contribution in [1.29, 1.82) is 0 Å². The molecule has 0 spiro atoms. The van der Waals surface area contributed by atoms with Gasteiger partial charge in [-0.2, -0.15) is 0 Å². The summed E-state index contributed by atoms with van der Waals surface area (Å²) in [7, 11) is 0. The second-order valence-electron chi connectivity index (χ2n) is 7.89. The van der Waals surface area contributed by atoms with Crippen molar-refractivity contribution in [2.75, 3.05) is 10.6 Å². The van der Waals surface area contributed by atoms with E-state index in [0.717, 1.165) is 6.42 Å². The third-order valence-corrected chi connectivity index (χ3v) is 6.31. The Balaban J connectivity index is 1.68. The number of nitrogens with one attached hydrogen (secondary N) is 1. The number of halogens is 1. The van der Waals surface area contributed by atoms with E-state index in [9.17, 15) is 18.8 Å². The normalized spacial score (nSPS) is 11.0. The van der Waals surface area contributed by atoms with E-state index in [0.29, 0.717) is 35.0 Å². The van der Waals surface area contributed by atoms with Gasteiger partial charge in [-0.25, -0.2) is 14.2 Å². The molecule has 0 saturated heterocycles. The van der Waals surface area contributed by atoms with Gasteiger partial charge >= 0.3 is 5.69 Å². The molecule has 182 valence electrons. The average molecular weight is 498 g/mol. The van der Waals surface area contributed by atoms with E-state index in [4.69, 9.17) is 10.2 Å². The van der Waals surface area contributed by atoms with Crippen LogP contribution in [0.25, 0.3) is 10.6 Å². The van der Waals surface area contributed by atoms with E-state index in [2.05, 4.69) is 9.97 Å². The molecule has 0 aliphatic heterocycles. The van der Waals surface area contributed by atoms with Crippen LogP contribution in [0.3, 0.4) is 0 Å². The first-order valence-corrected chi connectivity index (χ1v) is 11.9. The minimum atomic E-state index is -0.765. The van der Waals surface area contributed by atoms with E-state index in [1.807, 2.05) is 6.92 Å². The topological polar surface area (TPSA) is 127 Å². The minimum absolute atomic E-state index is 0.0635. The summed E-state index contributed by atoms with van der Waals surface area (Å²) in [5.74, 6) is -0.503. The molecule has 1 aromatic carbocycles. The maximum absolute atomic E-state index is 13.6. The Morgan fingerprint density at radius 3 is 2.83 bits per heavy atom. The highest BCUT2D eigenvalue weighted by atomic mass is 32.1. The zero-order chi connectivity index (χ0) is 24.9. The lowest BCUT2D eigenvalue weighted by molar-refractivity contribution is -0.118. The van der Waals surface area contributed by atoms with Crippen LogP contribution in [0, 0.1) is 5.82 Å². The first-order valence-electron chi connectivity index (χ1n) is 11.0. The molecule has 4 rings (SSSR count). The van der Waals surface area contributed by atoms with Crippen molar-refractivity contribution in [3.63, 3.8) is 0 Å². The number of benzene rings is 1. The Labute approximate surface area is 203 Å². The van der Waals surface area contributed by atoms with Gasteiger partial charge < -0.3 is 10.2 Å². The highest BCUT2D eigenvalue weighted by Crippen LogP contribution is 2.26. The summed E-state index contributed by atoms with van der Waals surface area (Å²) in [5.41, 5.74) is 5.79. The molecular formula is C24H24FN5O4S. The number of anilines is 2. The van der Waals surface area contributed by atoms with Gasteiger partial charge in [-0.15, -0.1) is 11.3 Å². The van der Waals surface area contributed by atoms with Gasteiger partial charge in [0.25, 0.3) is 5.56 Å². The molecule has 0 fully saturated rings. The molecule has 3 heterocycles. The van der Waals surface area contributed by atoms with Gasteiger partial charge in [0.2, 0.25) is 5.91 Å². The lowest BCUT2D eigenvalue weighted by atomic mass is 10.2. The summed E-state index contributed by atoms with van der Waals surface area (Å²) in [6.07, 6.45) is 2.80. The summed E-state index contributed by atoms with van der Waals surface area (Å²) in [5, 5.41) is 2.27. The molecular weight excluding hydrogens is 473 g/mol. The van der Waals surface area contributed by atoms with Crippen molar-refractivity contribution in [1.82, 2.24) is 14.5 Å². The second-order valence-corrected chi connectivity index (χ2v) is 8.75. The Bertz CT molecular complexity index is 1440. The quantitative estimate of drug-likeness (QED) is 0.364. The Hall–Kier alpha value is -3.99. The number of thiazole rings is 1. The van der Waals surface area contributed by atoms with Gasteiger partial charge in [0.1, 0.15) is 22.4 Å². The molecule has 9 nitrogen and oxygen atoms in total. The molecule has 0 atom stereocenters.